The normalized spacial score (nSPS) is 8.69. The Hall–Kier alpha value is -1.66. The second-order valence-corrected chi connectivity index (χ2v) is 2.36. The molecule has 1 aromatic rings. The van der Waals surface area contributed by atoms with E-state index in [1.54, 1.807) is 12.1 Å². The summed E-state index contributed by atoms with van der Waals surface area (Å²) in [4.78, 5) is 14.1. The highest BCUT2D eigenvalue weighted by Crippen LogP contribution is 1.96. The van der Waals surface area contributed by atoms with Gasteiger partial charge in [-0.2, -0.15) is 0 Å². The van der Waals surface area contributed by atoms with Gasteiger partial charge in [-0.3, -0.25) is 9.78 Å². The van der Waals surface area contributed by atoms with Crippen LogP contribution in [-0.2, 0) is 0 Å². The molecular formula is C10H9NO2. The Morgan fingerprint density at radius 2 is 2.38 bits per heavy atom. The maximum Gasteiger partial charge on any atom is 0.168 e. The number of aliphatic hydroxyl groups excluding tert-OH is 1. The maximum atomic E-state index is 10.2. The molecule has 0 spiro atoms. The number of hydrogen-bond donors (Lipinski definition) is 1. The van der Waals surface area contributed by atoms with Gasteiger partial charge in [-0.1, -0.05) is 11.8 Å². The molecule has 0 radical (unpaired) electrons. The molecule has 0 saturated heterocycles. The Kier molecular flexibility index (Phi) is 3.68. The standard InChI is InChI=1S/C10H9NO2/c12-6-2-1-3-9-4-5-10(8-13)11-7-9/h4-5,7-8,12H,2,6H2. The van der Waals surface area contributed by atoms with Gasteiger partial charge in [-0.25, -0.2) is 0 Å². The first kappa shape index (κ1) is 9.43. The van der Waals surface area contributed by atoms with Crippen LogP contribution in [0.25, 0.3) is 0 Å². The van der Waals surface area contributed by atoms with Gasteiger partial charge in [0.2, 0.25) is 0 Å². The number of aliphatic hydroxyl groups is 1. The summed E-state index contributed by atoms with van der Waals surface area (Å²) in [6.07, 6.45) is 2.68. The molecule has 0 aliphatic rings. The number of nitrogens with zero attached hydrogens (tertiary/aromatic N) is 1. The van der Waals surface area contributed by atoms with Crippen LogP contribution in [0.3, 0.4) is 0 Å². The summed E-state index contributed by atoms with van der Waals surface area (Å²) in [7, 11) is 0. The molecule has 66 valence electrons. The minimum atomic E-state index is 0.0624. The number of pyridine rings is 1. The van der Waals surface area contributed by atoms with E-state index in [9.17, 15) is 4.79 Å². The van der Waals surface area contributed by atoms with Gasteiger partial charge in [-0.05, 0) is 12.1 Å². The van der Waals surface area contributed by atoms with Crippen molar-refractivity contribution in [2.24, 2.45) is 0 Å². The average Bonchev–Trinajstić information content (AvgIpc) is 2.19. The van der Waals surface area contributed by atoms with E-state index in [1.807, 2.05) is 0 Å². The lowest BCUT2D eigenvalue weighted by atomic mass is 10.2. The fourth-order valence-corrected chi connectivity index (χ4v) is 0.769. The fraction of sp³-hybridized carbons (Fsp3) is 0.200. The van der Waals surface area contributed by atoms with Crippen LogP contribution in [0.4, 0.5) is 0 Å². The van der Waals surface area contributed by atoms with Crippen molar-refractivity contribution in [1.29, 1.82) is 0 Å². The third kappa shape index (κ3) is 3.06. The number of carbonyl (C=O) groups excluding carboxylic acids is 1. The lowest BCUT2D eigenvalue weighted by Crippen LogP contribution is -1.86. The summed E-state index contributed by atoms with van der Waals surface area (Å²) in [5.74, 6) is 5.57. The van der Waals surface area contributed by atoms with Gasteiger partial charge in [0.05, 0.1) is 6.61 Å². The van der Waals surface area contributed by atoms with Crippen LogP contribution < -0.4 is 0 Å². The first-order chi connectivity index (χ1) is 6.36. The molecule has 0 aromatic carbocycles. The molecule has 0 fully saturated rings. The lowest BCUT2D eigenvalue weighted by Gasteiger charge is -1.89. The summed E-state index contributed by atoms with van der Waals surface area (Å²) in [6, 6.07) is 3.33. The molecule has 3 heteroatoms. The van der Waals surface area contributed by atoms with E-state index in [-0.39, 0.29) is 6.61 Å². The molecule has 1 rings (SSSR count). The largest absolute Gasteiger partial charge is 0.395 e. The molecule has 1 aromatic heterocycles. The van der Waals surface area contributed by atoms with Gasteiger partial charge in [0.25, 0.3) is 0 Å². The van der Waals surface area contributed by atoms with Gasteiger partial charge in [0.1, 0.15) is 5.69 Å². The smallest absolute Gasteiger partial charge is 0.168 e. The Morgan fingerprint density at radius 1 is 1.54 bits per heavy atom. The average molecular weight is 175 g/mol. The molecule has 0 bridgehead atoms. The third-order valence-corrected chi connectivity index (χ3v) is 1.38. The van der Waals surface area contributed by atoms with Gasteiger partial charge >= 0.3 is 0 Å². The first-order valence-corrected chi connectivity index (χ1v) is 3.88. The highest BCUT2D eigenvalue weighted by atomic mass is 16.2. The van der Waals surface area contributed by atoms with Crippen LogP contribution in [0.15, 0.2) is 18.3 Å². The molecule has 13 heavy (non-hydrogen) atoms. The summed E-state index contributed by atoms with van der Waals surface area (Å²) in [5, 5.41) is 8.46. The third-order valence-electron chi connectivity index (χ3n) is 1.38. The van der Waals surface area contributed by atoms with Crippen molar-refractivity contribution in [2.45, 2.75) is 6.42 Å². The van der Waals surface area contributed by atoms with Crippen molar-refractivity contribution >= 4 is 6.29 Å². The van der Waals surface area contributed by atoms with Crippen molar-refractivity contribution in [3.63, 3.8) is 0 Å². The van der Waals surface area contributed by atoms with Gasteiger partial charge in [0.15, 0.2) is 6.29 Å². The zero-order valence-electron chi connectivity index (χ0n) is 7.03. The second-order valence-electron chi connectivity index (χ2n) is 2.36. The van der Waals surface area contributed by atoms with E-state index in [4.69, 9.17) is 5.11 Å². The highest BCUT2D eigenvalue weighted by Gasteiger charge is 1.89. The maximum absolute atomic E-state index is 10.2. The quantitative estimate of drug-likeness (QED) is 0.529. The van der Waals surface area contributed by atoms with Gasteiger partial charge in [0, 0.05) is 18.2 Å². The Balaban J connectivity index is 2.71. The number of aldehydes is 1. The molecule has 1 heterocycles. The van der Waals surface area contributed by atoms with Crippen LogP contribution >= 0.6 is 0 Å². The Bertz CT molecular complexity index is 332. The minimum Gasteiger partial charge on any atom is -0.395 e. The number of carbonyl (C=O) groups is 1. The lowest BCUT2D eigenvalue weighted by molar-refractivity contribution is 0.111. The van der Waals surface area contributed by atoms with Crippen LogP contribution in [0, 0.1) is 11.8 Å². The Labute approximate surface area is 76.4 Å². The molecule has 0 atom stereocenters. The molecule has 0 unspecified atom stereocenters. The van der Waals surface area contributed by atoms with E-state index in [0.29, 0.717) is 18.4 Å². The molecule has 0 aliphatic carbocycles. The zero-order valence-corrected chi connectivity index (χ0v) is 7.03. The van der Waals surface area contributed by atoms with E-state index in [1.165, 1.54) is 6.20 Å². The molecule has 0 amide bonds. The van der Waals surface area contributed by atoms with Crippen molar-refractivity contribution in [1.82, 2.24) is 4.98 Å². The second kappa shape index (κ2) is 5.07. The minimum absolute atomic E-state index is 0.0624. The van der Waals surface area contributed by atoms with Crippen LogP contribution in [0.1, 0.15) is 22.5 Å². The molecule has 3 nitrogen and oxygen atoms in total. The van der Waals surface area contributed by atoms with Gasteiger partial charge in [-0.15, -0.1) is 0 Å². The number of aromatic nitrogens is 1. The van der Waals surface area contributed by atoms with Crippen molar-refractivity contribution in [3.8, 4) is 11.8 Å². The molecule has 0 saturated carbocycles. The molecule has 1 N–H and O–H groups in total. The molecular weight excluding hydrogens is 166 g/mol. The number of rotatable bonds is 2. The summed E-state index contributed by atoms with van der Waals surface area (Å²) < 4.78 is 0. The van der Waals surface area contributed by atoms with E-state index < -0.39 is 0 Å². The van der Waals surface area contributed by atoms with Crippen molar-refractivity contribution in [2.75, 3.05) is 6.61 Å². The molecule has 0 aliphatic heterocycles. The van der Waals surface area contributed by atoms with E-state index >= 15 is 0 Å². The number of hydrogen-bond acceptors (Lipinski definition) is 3. The Morgan fingerprint density at radius 3 is 2.92 bits per heavy atom. The fourth-order valence-electron chi connectivity index (χ4n) is 0.769. The predicted octanol–water partition coefficient (Wildman–Crippen LogP) is 0.628. The SMILES string of the molecule is O=Cc1ccc(C#CCCO)cn1. The van der Waals surface area contributed by atoms with Gasteiger partial charge < -0.3 is 5.11 Å². The predicted molar refractivity (Wildman–Crippen MR) is 48.2 cm³/mol. The van der Waals surface area contributed by atoms with Crippen LogP contribution in [-0.4, -0.2) is 23.0 Å². The van der Waals surface area contributed by atoms with Crippen LogP contribution in [0.5, 0.6) is 0 Å². The van der Waals surface area contributed by atoms with Crippen molar-refractivity contribution in [3.05, 3.63) is 29.6 Å². The highest BCUT2D eigenvalue weighted by molar-refractivity contribution is 5.71. The monoisotopic (exact) mass is 175 g/mol. The first-order valence-electron chi connectivity index (χ1n) is 3.88. The van der Waals surface area contributed by atoms with E-state index in [2.05, 4.69) is 16.8 Å². The summed E-state index contributed by atoms with van der Waals surface area (Å²) >= 11 is 0. The summed E-state index contributed by atoms with van der Waals surface area (Å²) in [6.45, 7) is 0.0624. The topological polar surface area (TPSA) is 50.2 Å². The summed E-state index contributed by atoms with van der Waals surface area (Å²) in [5.41, 5.74) is 1.15. The zero-order chi connectivity index (χ0) is 9.52. The van der Waals surface area contributed by atoms with Crippen molar-refractivity contribution < 1.29 is 9.90 Å². The van der Waals surface area contributed by atoms with E-state index in [0.717, 1.165) is 5.56 Å². The van der Waals surface area contributed by atoms with Crippen LogP contribution in [0.2, 0.25) is 0 Å².